The Kier molecular flexibility index (Phi) is 6.01. The number of alkyl halides is 1. The number of guanidine groups is 1. The summed E-state index contributed by atoms with van der Waals surface area (Å²) >= 11 is 0. The molecule has 1 saturated heterocycles. The van der Waals surface area contributed by atoms with Crippen LogP contribution in [0, 0.1) is 5.92 Å². The van der Waals surface area contributed by atoms with E-state index in [1.807, 2.05) is 11.8 Å². The standard InChI is InChI=1S/C19H24FN5O3/c1-4-28-17-13(6-5-7-21-17)18(27)24-8-10-25(11-9-24)19-22-15(12(2)3)14(20)16(26)23-19/h5-7,12,14H,4,8-11H2,1-3H3. The molecule has 0 bridgehead atoms. The van der Waals surface area contributed by atoms with Gasteiger partial charge in [-0.1, -0.05) is 13.8 Å². The van der Waals surface area contributed by atoms with Crippen LogP contribution in [0.1, 0.15) is 31.1 Å². The fraction of sp³-hybridized carbons (Fsp3) is 0.526. The van der Waals surface area contributed by atoms with Crippen LogP contribution in [-0.4, -0.2) is 77.2 Å². The van der Waals surface area contributed by atoms with E-state index < -0.39 is 12.1 Å². The van der Waals surface area contributed by atoms with E-state index in [1.165, 1.54) is 0 Å². The lowest BCUT2D eigenvalue weighted by atomic mass is 10.0. The number of nitrogens with zero attached hydrogens (tertiary/aromatic N) is 5. The molecule has 1 aromatic rings. The fourth-order valence-corrected chi connectivity index (χ4v) is 3.13. The predicted octanol–water partition coefficient (Wildman–Crippen LogP) is 1.57. The molecule has 9 heteroatoms. The number of carbonyl (C=O) groups is 2. The molecule has 0 spiro atoms. The molecule has 2 aliphatic heterocycles. The number of hydrogen-bond acceptors (Lipinski definition) is 6. The van der Waals surface area contributed by atoms with Crippen molar-refractivity contribution in [3.63, 3.8) is 0 Å². The van der Waals surface area contributed by atoms with Crippen molar-refractivity contribution in [2.24, 2.45) is 15.9 Å². The zero-order valence-electron chi connectivity index (χ0n) is 16.3. The van der Waals surface area contributed by atoms with E-state index in [1.54, 1.807) is 37.1 Å². The summed E-state index contributed by atoms with van der Waals surface area (Å²) in [6.07, 6.45) is -0.186. The Morgan fingerprint density at radius 3 is 2.64 bits per heavy atom. The molecule has 0 aromatic carbocycles. The summed E-state index contributed by atoms with van der Waals surface area (Å²) in [5, 5.41) is 0. The van der Waals surface area contributed by atoms with Crippen molar-refractivity contribution in [2.45, 2.75) is 26.9 Å². The van der Waals surface area contributed by atoms with Crippen molar-refractivity contribution in [2.75, 3.05) is 32.8 Å². The topological polar surface area (TPSA) is 87.5 Å². The van der Waals surface area contributed by atoms with Gasteiger partial charge in [0.1, 0.15) is 5.56 Å². The van der Waals surface area contributed by atoms with Crippen LogP contribution in [0.5, 0.6) is 5.88 Å². The molecule has 2 amide bonds. The fourth-order valence-electron chi connectivity index (χ4n) is 3.13. The van der Waals surface area contributed by atoms with Crippen LogP contribution < -0.4 is 4.74 Å². The number of piperazine rings is 1. The highest BCUT2D eigenvalue weighted by Gasteiger charge is 2.33. The number of halogens is 1. The van der Waals surface area contributed by atoms with Crippen LogP contribution in [0.2, 0.25) is 0 Å². The van der Waals surface area contributed by atoms with Gasteiger partial charge in [0.05, 0.1) is 12.3 Å². The highest BCUT2D eigenvalue weighted by Crippen LogP contribution is 2.19. The first-order chi connectivity index (χ1) is 13.4. The molecule has 1 fully saturated rings. The Morgan fingerprint density at radius 1 is 1.29 bits per heavy atom. The van der Waals surface area contributed by atoms with Gasteiger partial charge in [-0.2, -0.15) is 4.99 Å². The van der Waals surface area contributed by atoms with E-state index >= 15 is 0 Å². The molecule has 3 rings (SSSR count). The second kappa shape index (κ2) is 8.45. The molecule has 3 heterocycles. The quantitative estimate of drug-likeness (QED) is 0.780. The first-order valence-corrected chi connectivity index (χ1v) is 9.39. The van der Waals surface area contributed by atoms with Gasteiger partial charge in [0.15, 0.2) is 0 Å². The van der Waals surface area contributed by atoms with Crippen LogP contribution in [0.15, 0.2) is 28.3 Å². The molecule has 0 N–H and O–H groups in total. The normalized spacial score (nSPS) is 20.2. The third-order valence-corrected chi connectivity index (χ3v) is 4.64. The zero-order chi connectivity index (χ0) is 20.3. The second-order valence-corrected chi connectivity index (χ2v) is 6.87. The molecule has 0 radical (unpaired) electrons. The molecule has 2 aliphatic rings. The van der Waals surface area contributed by atoms with Crippen molar-refractivity contribution in [3.8, 4) is 5.88 Å². The van der Waals surface area contributed by atoms with Gasteiger partial charge in [0.2, 0.25) is 18.0 Å². The van der Waals surface area contributed by atoms with Crippen LogP contribution in [0.3, 0.4) is 0 Å². The number of aromatic nitrogens is 1. The van der Waals surface area contributed by atoms with E-state index in [9.17, 15) is 14.0 Å². The number of rotatable bonds is 4. The van der Waals surface area contributed by atoms with Gasteiger partial charge < -0.3 is 14.5 Å². The molecule has 150 valence electrons. The van der Waals surface area contributed by atoms with Crippen molar-refractivity contribution in [1.82, 2.24) is 14.8 Å². The molecular formula is C19H24FN5O3. The number of aliphatic imine (C=N–C) groups is 2. The summed E-state index contributed by atoms with van der Waals surface area (Å²) in [6.45, 7) is 7.61. The average Bonchev–Trinajstić information content (AvgIpc) is 2.70. The lowest BCUT2D eigenvalue weighted by molar-refractivity contribution is -0.120. The molecule has 1 atom stereocenters. The predicted molar refractivity (Wildman–Crippen MR) is 102 cm³/mol. The summed E-state index contributed by atoms with van der Waals surface area (Å²) in [5.41, 5.74) is 0.619. The van der Waals surface area contributed by atoms with Crippen LogP contribution in [0.25, 0.3) is 0 Å². The van der Waals surface area contributed by atoms with Crippen molar-refractivity contribution in [3.05, 3.63) is 23.9 Å². The summed E-state index contributed by atoms with van der Waals surface area (Å²) in [4.78, 5) is 40.4. The Hall–Kier alpha value is -2.84. The largest absolute Gasteiger partial charge is 0.477 e. The third-order valence-electron chi connectivity index (χ3n) is 4.64. The van der Waals surface area contributed by atoms with E-state index in [4.69, 9.17) is 4.74 Å². The van der Waals surface area contributed by atoms with E-state index in [0.29, 0.717) is 44.2 Å². The Balaban J connectivity index is 1.69. The van der Waals surface area contributed by atoms with E-state index in [0.717, 1.165) is 0 Å². The molecule has 1 aromatic heterocycles. The maximum atomic E-state index is 14.0. The van der Waals surface area contributed by atoms with Crippen LogP contribution in [-0.2, 0) is 4.79 Å². The molecule has 8 nitrogen and oxygen atoms in total. The zero-order valence-corrected chi connectivity index (χ0v) is 16.3. The lowest BCUT2D eigenvalue weighted by Gasteiger charge is -2.36. The smallest absolute Gasteiger partial charge is 0.289 e. The van der Waals surface area contributed by atoms with Gasteiger partial charge in [-0.05, 0) is 25.0 Å². The number of ether oxygens (including phenoxy) is 1. The highest BCUT2D eigenvalue weighted by atomic mass is 19.1. The van der Waals surface area contributed by atoms with E-state index in [2.05, 4.69) is 15.0 Å². The average molecular weight is 389 g/mol. The lowest BCUT2D eigenvalue weighted by Crippen LogP contribution is -2.51. The molecule has 1 unspecified atom stereocenters. The first-order valence-electron chi connectivity index (χ1n) is 9.39. The van der Waals surface area contributed by atoms with Crippen LogP contribution in [0.4, 0.5) is 4.39 Å². The number of pyridine rings is 1. The van der Waals surface area contributed by atoms with Crippen molar-refractivity contribution >= 4 is 23.5 Å². The molecule has 28 heavy (non-hydrogen) atoms. The first kappa shape index (κ1) is 19.9. The summed E-state index contributed by atoms with van der Waals surface area (Å²) in [7, 11) is 0. The Bertz CT molecular complexity index is 816. The monoisotopic (exact) mass is 389 g/mol. The van der Waals surface area contributed by atoms with Gasteiger partial charge in [0.25, 0.3) is 11.8 Å². The molecule has 0 saturated carbocycles. The SMILES string of the molecule is CCOc1ncccc1C(=O)N1CCN(C2=NC(=O)C(F)C(C(C)C)=N2)CC1. The van der Waals surface area contributed by atoms with Crippen LogP contribution >= 0.6 is 0 Å². The van der Waals surface area contributed by atoms with Crippen molar-refractivity contribution in [1.29, 1.82) is 0 Å². The minimum atomic E-state index is -1.77. The van der Waals surface area contributed by atoms with Gasteiger partial charge in [0, 0.05) is 32.4 Å². The summed E-state index contributed by atoms with van der Waals surface area (Å²) < 4.78 is 19.5. The summed E-state index contributed by atoms with van der Waals surface area (Å²) in [5.74, 6) is -0.613. The maximum Gasteiger partial charge on any atom is 0.289 e. The van der Waals surface area contributed by atoms with Crippen molar-refractivity contribution < 1.29 is 18.7 Å². The molecule has 0 aliphatic carbocycles. The Labute approximate surface area is 163 Å². The third kappa shape index (κ3) is 4.02. The maximum absolute atomic E-state index is 14.0. The van der Waals surface area contributed by atoms with Gasteiger partial charge in [-0.25, -0.2) is 14.4 Å². The summed E-state index contributed by atoms with van der Waals surface area (Å²) in [6, 6.07) is 3.39. The van der Waals surface area contributed by atoms with Gasteiger partial charge in [-0.15, -0.1) is 0 Å². The number of carbonyl (C=O) groups excluding carboxylic acids is 2. The Morgan fingerprint density at radius 2 is 2.00 bits per heavy atom. The number of hydrogen-bond donors (Lipinski definition) is 0. The van der Waals surface area contributed by atoms with Gasteiger partial charge in [-0.3, -0.25) is 9.59 Å². The second-order valence-electron chi connectivity index (χ2n) is 6.87. The number of amides is 2. The van der Waals surface area contributed by atoms with Gasteiger partial charge >= 0.3 is 0 Å². The minimum Gasteiger partial charge on any atom is -0.477 e. The molecular weight excluding hydrogens is 365 g/mol. The minimum absolute atomic E-state index is 0.159. The van der Waals surface area contributed by atoms with E-state index in [-0.39, 0.29) is 23.5 Å². The highest BCUT2D eigenvalue weighted by molar-refractivity contribution is 6.18.